The molecule has 1 aromatic rings. The third-order valence-electron chi connectivity index (χ3n) is 4.00. The minimum Gasteiger partial charge on any atom is -0.310 e. The van der Waals surface area contributed by atoms with Crippen LogP contribution in [0, 0.1) is 11.8 Å². The second-order valence-corrected chi connectivity index (χ2v) is 6.63. The van der Waals surface area contributed by atoms with E-state index in [9.17, 15) is 0 Å². The summed E-state index contributed by atoms with van der Waals surface area (Å²) >= 11 is 0. The molecule has 1 atom stereocenters. The summed E-state index contributed by atoms with van der Waals surface area (Å²) in [4.78, 5) is 6.92. The molecule has 1 aromatic heterocycles. The summed E-state index contributed by atoms with van der Waals surface area (Å²) in [6.07, 6.45) is 2.97. The Morgan fingerprint density at radius 3 is 2.80 bits per heavy atom. The maximum Gasteiger partial charge on any atom is 0.140 e. The van der Waals surface area contributed by atoms with Gasteiger partial charge in [0.2, 0.25) is 0 Å². The van der Waals surface area contributed by atoms with Crippen LogP contribution in [0.25, 0.3) is 0 Å². The molecule has 5 nitrogen and oxygen atoms in total. The Labute approximate surface area is 122 Å². The van der Waals surface area contributed by atoms with Crippen LogP contribution in [0.15, 0.2) is 6.33 Å². The van der Waals surface area contributed by atoms with Crippen LogP contribution in [-0.4, -0.2) is 45.3 Å². The lowest BCUT2D eigenvalue weighted by atomic mass is 10.1. The molecule has 114 valence electrons. The monoisotopic (exact) mass is 279 g/mol. The first kappa shape index (κ1) is 15.4. The molecule has 0 spiro atoms. The number of hydrogen-bond acceptors (Lipinski definition) is 4. The van der Waals surface area contributed by atoms with Gasteiger partial charge >= 0.3 is 0 Å². The number of hydrogen-bond donors (Lipinski definition) is 1. The van der Waals surface area contributed by atoms with Crippen molar-refractivity contribution in [1.82, 2.24) is 25.0 Å². The topological polar surface area (TPSA) is 46.0 Å². The normalized spacial score (nSPS) is 20.4. The molecule has 0 saturated carbocycles. The molecule has 2 heterocycles. The smallest absolute Gasteiger partial charge is 0.140 e. The molecule has 1 unspecified atom stereocenters. The summed E-state index contributed by atoms with van der Waals surface area (Å²) in [5, 5.41) is 7.85. The lowest BCUT2D eigenvalue weighted by Gasteiger charge is -2.20. The van der Waals surface area contributed by atoms with Crippen LogP contribution in [0.1, 0.15) is 39.9 Å². The van der Waals surface area contributed by atoms with Crippen molar-refractivity contribution in [3.05, 3.63) is 12.2 Å². The molecule has 20 heavy (non-hydrogen) atoms. The van der Waals surface area contributed by atoms with E-state index in [1.807, 2.05) is 4.68 Å². The first-order valence-electron chi connectivity index (χ1n) is 7.87. The molecule has 1 aliphatic heterocycles. The summed E-state index contributed by atoms with van der Waals surface area (Å²) in [7, 11) is 0. The van der Waals surface area contributed by atoms with Gasteiger partial charge in [-0.25, -0.2) is 9.67 Å². The van der Waals surface area contributed by atoms with Gasteiger partial charge in [0.25, 0.3) is 0 Å². The van der Waals surface area contributed by atoms with Gasteiger partial charge in [0.1, 0.15) is 12.2 Å². The maximum absolute atomic E-state index is 4.36. The maximum atomic E-state index is 4.36. The fraction of sp³-hybridized carbons (Fsp3) is 0.867. The predicted molar refractivity (Wildman–Crippen MR) is 81.4 cm³/mol. The predicted octanol–water partition coefficient (Wildman–Crippen LogP) is 1.75. The van der Waals surface area contributed by atoms with Crippen LogP contribution in [0.4, 0.5) is 0 Å². The molecule has 0 amide bonds. The highest BCUT2D eigenvalue weighted by atomic mass is 15.3. The largest absolute Gasteiger partial charge is 0.310 e. The molecule has 0 aliphatic carbocycles. The van der Waals surface area contributed by atoms with E-state index in [4.69, 9.17) is 0 Å². The summed E-state index contributed by atoms with van der Waals surface area (Å²) in [5.74, 6) is 2.43. The zero-order valence-electron chi connectivity index (χ0n) is 13.3. The van der Waals surface area contributed by atoms with Crippen LogP contribution in [0.2, 0.25) is 0 Å². The minimum atomic E-state index is 0.602. The van der Waals surface area contributed by atoms with Crippen molar-refractivity contribution in [3.8, 4) is 0 Å². The summed E-state index contributed by atoms with van der Waals surface area (Å²) in [5.41, 5.74) is 0. The first-order valence-corrected chi connectivity index (χ1v) is 7.87. The van der Waals surface area contributed by atoms with Gasteiger partial charge in [-0.15, -0.1) is 0 Å². The molecule has 1 saturated heterocycles. The van der Waals surface area contributed by atoms with Gasteiger partial charge in [0.05, 0.1) is 6.54 Å². The van der Waals surface area contributed by atoms with Crippen LogP contribution in [0.3, 0.4) is 0 Å². The molecule has 0 bridgehead atoms. The van der Waals surface area contributed by atoms with Gasteiger partial charge in [-0.2, -0.15) is 5.10 Å². The minimum absolute atomic E-state index is 0.602. The van der Waals surface area contributed by atoms with Crippen molar-refractivity contribution in [2.75, 3.05) is 19.6 Å². The fourth-order valence-electron chi connectivity index (χ4n) is 2.81. The van der Waals surface area contributed by atoms with Crippen molar-refractivity contribution in [3.63, 3.8) is 0 Å². The van der Waals surface area contributed by atoms with Crippen LogP contribution in [-0.2, 0) is 13.1 Å². The zero-order valence-corrected chi connectivity index (χ0v) is 13.3. The number of nitrogens with one attached hydrogen (secondary N) is 1. The molecule has 0 radical (unpaired) electrons. The molecule has 1 N–H and O–H groups in total. The Kier molecular flexibility index (Phi) is 5.54. The van der Waals surface area contributed by atoms with Gasteiger partial charge in [-0.1, -0.05) is 13.8 Å². The fourth-order valence-corrected chi connectivity index (χ4v) is 2.81. The van der Waals surface area contributed by atoms with E-state index in [0.29, 0.717) is 12.0 Å². The second kappa shape index (κ2) is 7.18. The Bertz CT molecular complexity index is 399. The summed E-state index contributed by atoms with van der Waals surface area (Å²) in [6, 6.07) is 0.675. The Morgan fingerprint density at radius 2 is 2.15 bits per heavy atom. The van der Waals surface area contributed by atoms with Crippen molar-refractivity contribution in [2.45, 2.75) is 53.2 Å². The van der Waals surface area contributed by atoms with Crippen molar-refractivity contribution in [2.24, 2.45) is 11.8 Å². The zero-order chi connectivity index (χ0) is 14.5. The standard InChI is InChI=1S/C15H29N5/c1-12(2)9-20-15(17-11-18-20)8-16-7-14-5-6-19(10-14)13(3)4/h11-14,16H,5-10H2,1-4H3. The SMILES string of the molecule is CC(C)Cn1ncnc1CNCC1CCN(C(C)C)C1. The van der Waals surface area contributed by atoms with Gasteiger partial charge < -0.3 is 10.2 Å². The van der Waals surface area contributed by atoms with E-state index in [2.05, 4.69) is 48.0 Å². The van der Waals surface area contributed by atoms with Crippen LogP contribution in [0.5, 0.6) is 0 Å². The molecular formula is C15H29N5. The van der Waals surface area contributed by atoms with E-state index in [0.717, 1.165) is 31.4 Å². The molecule has 2 rings (SSSR count). The quantitative estimate of drug-likeness (QED) is 0.826. The highest BCUT2D eigenvalue weighted by molar-refractivity contribution is 4.85. The van der Waals surface area contributed by atoms with Crippen molar-refractivity contribution >= 4 is 0 Å². The molecular weight excluding hydrogens is 250 g/mol. The Morgan fingerprint density at radius 1 is 1.35 bits per heavy atom. The lowest BCUT2D eigenvalue weighted by Crippen LogP contribution is -2.31. The molecule has 0 aromatic carbocycles. The van der Waals surface area contributed by atoms with Gasteiger partial charge in [0, 0.05) is 19.1 Å². The highest BCUT2D eigenvalue weighted by Gasteiger charge is 2.23. The van der Waals surface area contributed by atoms with Crippen LogP contribution < -0.4 is 5.32 Å². The summed E-state index contributed by atoms with van der Waals surface area (Å²) in [6.45, 7) is 14.3. The number of rotatable bonds is 7. The van der Waals surface area contributed by atoms with E-state index in [1.54, 1.807) is 6.33 Å². The van der Waals surface area contributed by atoms with Gasteiger partial charge in [-0.3, -0.25) is 0 Å². The second-order valence-electron chi connectivity index (χ2n) is 6.63. The Balaban J connectivity index is 1.73. The highest BCUT2D eigenvalue weighted by Crippen LogP contribution is 2.17. The first-order chi connectivity index (χ1) is 9.56. The third kappa shape index (κ3) is 4.28. The van der Waals surface area contributed by atoms with E-state index >= 15 is 0 Å². The third-order valence-corrected chi connectivity index (χ3v) is 4.00. The van der Waals surface area contributed by atoms with E-state index in [1.165, 1.54) is 19.5 Å². The summed E-state index contributed by atoms with van der Waals surface area (Å²) < 4.78 is 2.02. The van der Waals surface area contributed by atoms with Gasteiger partial charge in [0.15, 0.2) is 0 Å². The molecule has 1 aliphatic rings. The number of aromatic nitrogens is 3. The lowest BCUT2D eigenvalue weighted by molar-refractivity contribution is 0.263. The number of likely N-dealkylation sites (tertiary alicyclic amines) is 1. The molecule has 5 heteroatoms. The average Bonchev–Trinajstić information content (AvgIpc) is 2.99. The Hall–Kier alpha value is -0.940. The average molecular weight is 279 g/mol. The van der Waals surface area contributed by atoms with Crippen LogP contribution >= 0.6 is 0 Å². The van der Waals surface area contributed by atoms with E-state index < -0.39 is 0 Å². The van der Waals surface area contributed by atoms with Crippen molar-refractivity contribution in [1.29, 1.82) is 0 Å². The molecule has 1 fully saturated rings. The van der Waals surface area contributed by atoms with Gasteiger partial charge in [-0.05, 0) is 45.2 Å². The number of nitrogens with zero attached hydrogens (tertiary/aromatic N) is 4. The van der Waals surface area contributed by atoms with E-state index in [-0.39, 0.29) is 0 Å². The van der Waals surface area contributed by atoms with Crippen molar-refractivity contribution < 1.29 is 0 Å².